The molecule has 0 saturated carbocycles. The van der Waals surface area contributed by atoms with Crippen LogP contribution in [0.25, 0.3) is 33.5 Å². The topological polar surface area (TPSA) is 136 Å². The highest BCUT2D eigenvalue weighted by Crippen LogP contribution is 2.34. The van der Waals surface area contributed by atoms with Gasteiger partial charge in [0.05, 0.1) is 35.8 Å². The number of nitrogens with zero attached hydrogens (tertiary/aromatic N) is 5. The van der Waals surface area contributed by atoms with Crippen LogP contribution in [0.15, 0.2) is 42.7 Å². The maximum absolute atomic E-state index is 14.1. The fourth-order valence-corrected chi connectivity index (χ4v) is 4.84. The molecule has 0 fully saturated rings. The van der Waals surface area contributed by atoms with Gasteiger partial charge in [0.1, 0.15) is 17.2 Å². The van der Waals surface area contributed by atoms with Gasteiger partial charge in [0.2, 0.25) is 0 Å². The lowest BCUT2D eigenvalue weighted by molar-refractivity contribution is 0.0725. The number of benzene rings is 2. The van der Waals surface area contributed by atoms with Crippen LogP contribution in [-0.2, 0) is 19.4 Å². The van der Waals surface area contributed by atoms with Gasteiger partial charge in [-0.25, -0.2) is 19.3 Å². The maximum Gasteiger partial charge on any atom is 0.274 e. The van der Waals surface area contributed by atoms with E-state index in [-0.39, 0.29) is 11.7 Å². The van der Waals surface area contributed by atoms with Crippen molar-refractivity contribution in [2.45, 2.75) is 26.3 Å². The minimum atomic E-state index is -0.654. The second kappa shape index (κ2) is 9.25. The van der Waals surface area contributed by atoms with E-state index in [0.717, 1.165) is 39.0 Å². The van der Waals surface area contributed by atoms with Crippen molar-refractivity contribution >= 4 is 22.6 Å². The van der Waals surface area contributed by atoms with E-state index in [2.05, 4.69) is 30.5 Å². The lowest BCUT2D eigenvalue weighted by Crippen LogP contribution is -2.36. The summed E-state index contributed by atoms with van der Waals surface area (Å²) >= 11 is 0. The number of aromatic hydroxyl groups is 1. The van der Waals surface area contributed by atoms with Gasteiger partial charge < -0.3 is 20.3 Å². The Labute approximate surface area is 217 Å². The zero-order valence-electron chi connectivity index (χ0n) is 20.8. The molecule has 3 aromatic heterocycles. The smallest absolute Gasteiger partial charge is 0.274 e. The number of carbonyl (C=O) groups is 1. The quantitative estimate of drug-likeness (QED) is 0.279. The number of aromatic amines is 2. The van der Waals surface area contributed by atoms with Crippen LogP contribution in [0, 0.1) is 5.82 Å². The number of nitrogens with one attached hydrogen (secondary N) is 3. The van der Waals surface area contributed by atoms with Crippen LogP contribution in [0.4, 0.5) is 10.2 Å². The van der Waals surface area contributed by atoms with Gasteiger partial charge in [0, 0.05) is 25.4 Å². The molecule has 0 spiro atoms. The number of halogens is 1. The third-order valence-electron chi connectivity index (χ3n) is 6.90. The van der Waals surface area contributed by atoms with Crippen LogP contribution in [0.5, 0.6) is 5.75 Å². The molecule has 0 aliphatic carbocycles. The summed E-state index contributed by atoms with van der Waals surface area (Å²) in [4.78, 5) is 31.2. The first kappa shape index (κ1) is 23.6. The molecular weight excluding hydrogens is 487 g/mol. The predicted molar refractivity (Wildman–Crippen MR) is 140 cm³/mol. The fourth-order valence-electron chi connectivity index (χ4n) is 4.84. The first-order valence-corrected chi connectivity index (χ1v) is 12.3. The molecule has 10 nitrogen and oxygen atoms in total. The van der Waals surface area contributed by atoms with Crippen LogP contribution in [0.3, 0.4) is 0 Å². The van der Waals surface area contributed by atoms with Gasteiger partial charge in [-0.1, -0.05) is 13.0 Å². The number of phenolic OH excluding ortho intramolecular Hbond substituents is 1. The Morgan fingerprint density at radius 2 is 2.08 bits per heavy atom. The zero-order chi connectivity index (χ0) is 26.4. The van der Waals surface area contributed by atoms with Crippen molar-refractivity contribution in [3.8, 4) is 28.4 Å². The maximum atomic E-state index is 14.1. The molecule has 4 heterocycles. The highest BCUT2D eigenvalue weighted by Gasteiger charge is 2.26. The summed E-state index contributed by atoms with van der Waals surface area (Å²) in [5, 5.41) is 21.1. The molecule has 1 amide bonds. The second-order valence-electron chi connectivity index (χ2n) is 9.17. The Morgan fingerprint density at radius 3 is 2.84 bits per heavy atom. The molecule has 0 bridgehead atoms. The molecule has 0 saturated heterocycles. The summed E-state index contributed by atoms with van der Waals surface area (Å²) in [5.74, 6) is 0.0266. The SMILES string of the molecule is CCc1cc(O)c(F)cc1-c1ccc2c(-c3nc4c([nH]3)CN(C(=O)c3cnc(NC)cn3)CC4)n[nH]c2c1. The van der Waals surface area contributed by atoms with Gasteiger partial charge in [-0.15, -0.1) is 0 Å². The Bertz CT molecular complexity index is 1670. The Hall–Kier alpha value is -4.80. The fraction of sp³-hybridized carbons (Fsp3) is 0.222. The van der Waals surface area contributed by atoms with Crippen LogP contribution in [0.2, 0.25) is 0 Å². The van der Waals surface area contributed by atoms with Crippen molar-refractivity contribution in [1.29, 1.82) is 0 Å². The zero-order valence-corrected chi connectivity index (χ0v) is 20.8. The number of anilines is 1. The summed E-state index contributed by atoms with van der Waals surface area (Å²) < 4.78 is 14.1. The normalized spacial score (nSPS) is 13.1. The Kier molecular flexibility index (Phi) is 5.74. The van der Waals surface area contributed by atoms with Gasteiger partial charge >= 0.3 is 0 Å². The van der Waals surface area contributed by atoms with E-state index in [0.29, 0.717) is 49.0 Å². The van der Waals surface area contributed by atoms with Crippen LogP contribution in [0.1, 0.15) is 34.4 Å². The number of hydrogen-bond donors (Lipinski definition) is 4. The van der Waals surface area contributed by atoms with Crippen molar-refractivity contribution < 1.29 is 14.3 Å². The molecule has 1 aliphatic heterocycles. The van der Waals surface area contributed by atoms with E-state index in [4.69, 9.17) is 4.98 Å². The van der Waals surface area contributed by atoms with Gasteiger partial charge in [0.15, 0.2) is 17.4 Å². The molecule has 1 aliphatic rings. The summed E-state index contributed by atoms with van der Waals surface area (Å²) in [5.41, 5.74) is 5.90. The van der Waals surface area contributed by atoms with Gasteiger partial charge in [0.25, 0.3) is 5.91 Å². The van der Waals surface area contributed by atoms with E-state index in [9.17, 15) is 14.3 Å². The molecule has 5 aromatic rings. The molecule has 38 heavy (non-hydrogen) atoms. The van der Waals surface area contributed by atoms with Crippen molar-refractivity contribution in [2.75, 3.05) is 18.9 Å². The van der Waals surface area contributed by atoms with Crippen molar-refractivity contribution in [3.63, 3.8) is 0 Å². The molecule has 192 valence electrons. The predicted octanol–water partition coefficient (Wildman–Crippen LogP) is 4.06. The number of imidazole rings is 1. The highest BCUT2D eigenvalue weighted by molar-refractivity contribution is 5.94. The average molecular weight is 513 g/mol. The highest BCUT2D eigenvalue weighted by atomic mass is 19.1. The lowest BCUT2D eigenvalue weighted by atomic mass is 9.96. The van der Waals surface area contributed by atoms with Crippen molar-refractivity contribution in [3.05, 3.63) is 71.2 Å². The standard InChI is InChI=1S/C27H25FN8O2/c1-3-14-9-23(37)18(28)10-17(14)15-4-5-16-20(8-15)34-35-25(16)26-32-19-6-7-36(13-22(19)33-26)27(38)21-11-31-24(29-2)12-30-21/h4-5,8-12,37H,3,6-7,13H2,1-2H3,(H,29,31)(H,32,33)(H,34,35). The number of aryl methyl sites for hydroxylation is 1. The number of rotatable bonds is 5. The van der Waals surface area contributed by atoms with E-state index in [1.54, 1.807) is 11.9 Å². The second-order valence-corrected chi connectivity index (χ2v) is 9.17. The minimum Gasteiger partial charge on any atom is -0.505 e. The summed E-state index contributed by atoms with van der Waals surface area (Å²) in [6.45, 7) is 2.87. The number of phenols is 1. The molecule has 4 N–H and O–H groups in total. The number of aromatic nitrogens is 6. The first-order chi connectivity index (χ1) is 18.4. The van der Waals surface area contributed by atoms with E-state index in [1.165, 1.54) is 24.5 Å². The molecule has 6 rings (SSSR count). The van der Waals surface area contributed by atoms with Gasteiger partial charge in [-0.2, -0.15) is 5.10 Å². The number of hydrogen-bond acceptors (Lipinski definition) is 7. The summed E-state index contributed by atoms with van der Waals surface area (Å²) in [6.07, 6.45) is 4.27. The van der Waals surface area contributed by atoms with Crippen molar-refractivity contribution in [2.24, 2.45) is 0 Å². The van der Waals surface area contributed by atoms with Gasteiger partial charge in [-0.05, 0) is 47.4 Å². The lowest BCUT2D eigenvalue weighted by Gasteiger charge is -2.25. The minimum absolute atomic E-state index is 0.184. The Balaban J connectivity index is 1.27. The van der Waals surface area contributed by atoms with Crippen molar-refractivity contribution in [1.82, 2.24) is 35.0 Å². The van der Waals surface area contributed by atoms with E-state index >= 15 is 0 Å². The molecular formula is C27H25FN8O2. The van der Waals surface area contributed by atoms with Crippen LogP contribution in [-0.4, -0.2) is 59.6 Å². The first-order valence-electron chi connectivity index (χ1n) is 12.3. The third-order valence-corrected chi connectivity index (χ3v) is 6.90. The molecule has 0 unspecified atom stereocenters. The molecule has 2 aromatic carbocycles. The summed E-state index contributed by atoms with van der Waals surface area (Å²) in [7, 11) is 1.74. The van der Waals surface area contributed by atoms with Crippen LogP contribution < -0.4 is 5.32 Å². The Morgan fingerprint density at radius 1 is 1.21 bits per heavy atom. The number of H-pyrrole nitrogens is 2. The number of amides is 1. The molecule has 0 radical (unpaired) electrons. The van der Waals surface area contributed by atoms with Crippen LogP contribution >= 0.6 is 0 Å². The van der Waals surface area contributed by atoms with E-state index in [1.807, 2.05) is 25.1 Å². The van der Waals surface area contributed by atoms with Gasteiger partial charge in [-0.3, -0.25) is 9.89 Å². The third kappa shape index (κ3) is 4.01. The molecule has 0 atom stereocenters. The monoisotopic (exact) mass is 512 g/mol. The average Bonchev–Trinajstić information content (AvgIpc) is 3.57. The largest absolute Gasteiger partial charge is 0.505 e. The van der Waals surface area contributed by atoms with E-state index < -0.39 is 5.82 Å². The summed E-state index contributed by atoms with van der Waals surface area (Å²) in [6, 6.07) is 8.59. The number of fused-ring (bicyclic) bond motifs is 2. The number of carbonyl (C=O) groups excluding carboxylic acids is 1. The molecule has 11 heteroatoms.